The molecule has 0 radical (unpaired) electrons. The fraction of sp³-hybridized carbons (Fsp3) is 0.510. The van der Waals surface area contributed by atoms with Crippen LogP contribution < -0.4 is 0 Å². The molecule has 0 saturated heterocycles. The molecule has 0 fully saturated rings. The Balaban J connectivity index is 0.000000287. The second-order valence-corrected chi connectivity index (χ2v) is 19.6. The summed E-state index contributed by atoms with van der Waals surface area (Å²) in [6.45, 7) is 35.8. The van der Waals surface area contributed by atoms with Crippen molar-refractivity contribution in [2.24, 2.45) is 0 Å². The first kappa shape index (κ1) is 43.5. The van der Waals surface area contributed by atoms with E-state index in [1.807, 2.05) is 26.0 Å². The van der Waals surface area contributed by atoms with Crippen LogP contribution in [0.15, 0.2) is 48.5 Å². The Labute approximate surface area is 322 Å². The van der Waals surface area contributed by atoms with Gasteiger partial charge in [-0.05, 0) is 141 Å². The van der Waals surface area contributed by atoms with Crippen molar-refractivity contribution >= 4 is 0 Å². The second-order valence-electron chi connectivity index (χ2n) is 19.6. The van der Waals surface area contributed by atoms with E-state index in [9.17, 15) is 20.4 Å². The van der Waals surface area contributed by atoms with E-state index in [1.165, 1.54) is 22.3 Å². The Kier molecular flexibility index (Phi) is 13.0. The number of phenols is 4. The fourth-order valence-corrected chi connectivity index (χ4v) is 7.43. The Morgan fingerprint density at radius 1 is 0.434 bits per heavy atom. The van der Waals surface area contributed by atoms with Crippen molar-refractivity contribution < 1.29 is 20.4 Å². The van der Waals surface area contributed by atoms with Crippen molar-refractivity contribution in [2.45, 2.75) is 165 Å². The summed E-state index contributed by atoms with van der Waals surface area (Å²) in [4.78, 5) is 0. The van der Waals surface area contributed by atoms with Crippen LogP contribution in [0.4, 0.5) is 0 Å². The summed E-state index contributed by atoms with van der Waals surface area (Å²) in [6, 6.07) is 16.6. The largest absolute Gasteiger partial charge is 0.508 e. The highest BCUT2D eigenvalue weighted by Crippen LogP contribution is 2.43. The lowest BCUT2D eigenvalue weighted by Gasteiger charge is -2.29. The van der Waals surface area contributed by atoms with Crippen LogP contribution in [0.1, 0.15) is 176 Å². The van der Waals surface area contributed by atoms with E-state index in [0.29, 0.717) is 23.0 Å². The van der Waals surface area contributed by atoms with E-state index in [2.05, 4.69) is 140 Å². The SMILES string of the molecule is CCCC(c1cc(C(C)(C)C)c(O)cc1C)c1cc(C(C)(C)C)c(O)cc1C.Cc1cc(Cc2cc(C)c(O)c(C(C)(C)C)c2)cc(C(C)(C)C)c1O. The third-order valence-corrected chi connectivity index (χ3v) is 10.5. The minimum Gasteiger partial charge on any atom is -0.508 e. The second kappa shape index (κ2) is 15.8. The molecule has 0 aliphatic heterocycles. The molecule has 290 valence electrons. The van der Waals surface area contributed by atoms with Crippen molar-refractivity contribution in [2.75, 3.05) is 0 Å². The third kappa shape index (κ3) is 10.4. The van der Waals surface area contributed by atoms with E-state index in [4.69, 9.17) is 0 Å². The first-order chi connectivity index (χ1) is 24.1. The van der Waals surface area contributed by atoms with Crippen molar-refractivity contribution in [3.8, 4) is 23.0 Å². The molecule has 0 aliphatic carbocycles. The van der Waals surface area contributed by atoms with E-state index in [0.717, 1.165) is 63.8 Å². The zero-order valence-corrected chi connectivity index (χ0v) is 36.1. The van der Waals surface area contributed by atoms with E-state index in [-0.39, 0.29) is 27.6 Å². The molecule has 0 saturated carbocycles. The van der Waals surface area contributed by atoms with Gasteiger partial charge >= 0.3 is 0 Å². The third-order valence-electron chi connectivity index (χ3n) is 10.5. The summed E-state index contributed by atoms with van der Waals surface area (Å²) in [7, 11) is 0. The standard InChI is InChI=1S/C26H38O2.C23H32O2/c1-10-11-18(19-14-21(25(4,5)6)23(27)12-16(19)2)20-15-22(26(7,8)9)24(28)13-17(20)3;1-14-9-16(12-18(20(14)24)22(3,4)5)11-17-10-15(2)21(25)19(13-17)23(6,7)8/h12-15,18,27-28H,10-11H2,1-9H3;9-10,12-13,24-25H,11H2,1-8H3. The van der Waals surface area contributed by atoms with Crippen LogP contribution in [0.2, 0.25) is 0 Å². The van der Waals surface area contributed by atoms with Crippen molar-refractivity contribution in [1.29, 1.82) is 0 Å². The van der Waals surface area contributed by atoms with Gasteiger partial charge in [-0.15, -0.1) is 0 Å². The van der Waals surface area contributed by atoms with Gasteiger partial charge in [0, 0.05) is 5.92 Å². The lowest BCUT2D eigenvalue weighted by Crippen LogP contribution is -2.16. The molecule has 4 rings (SSSR count). The maximum absolute atomic E-state index is 10.5. The van der Waals surface area contributed by atoms with E-state index < -0.39 is 0 Å². The van der Waals surface area contributed by atoms with Gasteiger partial charge in [-0.25, -0.2) is 0 Å². The highest BCUT2D eigenvalue weighted by atomic mass is 16.3. The van der Waals surface area contributed by atoms with Gasteiger partial charge in [0.25, 0.3) is 0 Å². The Morgan fingerprint density at radius 3 is 1.04 bits per heavy atom. The number of hydrogen-bond donors (Lipinski definition) is 4. The topological polar surface area (TPSA) is 80.9 Å². The predicted molar refractivity (Wildman–Crippen MR) is 226 cm³/mol. The molecule has 0 bridgehead atoms. The Bertz CT molecular complexity index is 1780. The Morgan fingerprint density at radius 2 is 0.755 bits per heavy atom. The summed E-state index contributed by atoms with van der Waals surface area (Å²) in [6.07, 6.45) is 2.89. The van der Waals surface area contributed by atoms with Gasteiger partial charge in [0.2, 0.25) is 0 Å². The first-order valence-corrected chi connectivity index (χ1v) is 19.4. The molecule has 0 atom stereocenters. The van der Waals surface area contributed by atoms with Crippen molar-refractivity contribution in [3.05, 3.63) is 115 Å². The molecule has 4 nitrogen and oxygen atoms in total. The van der Waals surface area contributed by atoms with Crippen molar-refractivity contribution in [3.63, 3.8) is 0 Å². The smallest absolute Gasteiger partial charge is 0.122 e. The normalized spacial score (nSPS) is 12.6. The quantitative estimate of drug-likeness (QED) is 0.160. The lowest BCUT2D eigenvalue weighted by molar-refractivity contribution is 0.442. The monoisotopic (exact) mass is 723 g/mol. The first-order valence-electron chi connectivity index (χ1n) is 19.4. The Hall–Kier alpha value is -3.92. The number of aryl methyl sites for hydroxylation is 4. The summed E-state index contributed by atoms with van der Waals surface area (Å²) >= 11 is 0. The summed E-state index contributed by atoms with van der Waals surface area (Å²) in [5.74, 6) is 1.79. The maximum atomic E-state index is 10.5. The van der Waals surface area contributed by atoms with E-state index >= 15 is 0 Å². The van der Waals surface area contributed by atoms with Gasteiger partial charge < -0.3 is 20.4 Å². The molecule has 0 aromatic heterocycles. The molecule has 0 amide bonds. The average Bonchev–Trinajstić information content (AvgIpc) is 2.98. The highest BCUT2D eigenvalue weighted by molar-refractivity contribution is 5.53. The van der Waals surface area contributed by atoms with Gasteiger partial charge in [-0.3, -0.25) is 0 Å². The summed E-state index contributed by atoms with van der Waals surface area (Å²) in [5, 5.41) is 41.9. The van der Waals surface area contributed by atoms with Crippen molar-refractivity contribution in [1.82, 2.24) is 0 Å². The predicted octanol–water partition coefficient (Wildman–Crippen LogP) is 13.1. The summed E-state index contributed by atoms with van der Waals surface area (Å²) < 4.78 is 0. The molecule has 0 aliphatic rings. The van der Waals surface area contributed by atoms with Crippen LogP contribution in [0, 0.1) is 27.7 Å². The molecule has 4 N–H and O–H groups in total. The van der Waals surface area contributed by atoms with Gasteiger partial charge in [-0.1, -0.05) is 133 Å². The molecule has 0 heterocycles. The summed E-state index contributed by atoms with van der Waals surface area (Å²) in [5.41, 5.74) is 12.5. The number of aromatic hydroxyl groups is 4. The number of rotatable bonds is 6. The van der Waals surface area contributed by atoms with E-state index in [1.54, 1.807) is 0 Å². The van der Waals surface area contributed by atoms with Crippen LogP contribution in [0.25, 0.3) is 0 Å². The van der Waals surface area contributed by atoms with Gasteiger partial charge in [-0.2, -0.15) is 0 Å². The molecule has 0 spiro atoms. The zero-order valence-electron chi connectivity index (χ0n) is 36.1. The highest BCUT2D eigenvalue weighted by Gasteiger charge is 2.27. The van der Waals surface area contributed by atoms with Crippen LogP contribution in [0.3, 0.4) is 0 Å². The minimum absolute atomic E-state index is 0.105. The molecular weight excluding hydrogens is 653 g/mol. The average molecular weight is 723 g/mol. The zero-order chi connectivity index (χ0) is 40.6. The van der Waals surface area contributed by atoms with Crippen LogP contribution in [0.5, 0.6) is 23.0 Å². The van der Waals surface area contributed by atoms with Gasteiger partial charge in [0.1, 0.15) is 23.0 Å². The van der Waals surface area contributed by atoms with Crippen LogP contribution in [-0.2, 0) is 28.1 Å². The number of benzene rings is 4. The maximum Gasteiger partial charge on any atom is 0.122 e. The van der Waals surface area contributed by atoms with Gasteiger partial charge in [0.15, 0.2) is 0 Å². The molecule has 4 heteroatoms. The van der Waals surface area contributed by atoms with Gasteiger partial charge in [0.05, 0.1) is 0 Å². The molecular formula is C49H70O4. The molecule has 4 aromatic carbocycles. The molecule has 0 unspecified atom stereocenters. The fourth-order valence-electron chi connectivity index (χ4n) is 7.43. The minimum atomic E-state index is -0.121. The number of hydrogen-bond acceptors (Lipinski definition) is 4. The van der Waals surface area contributed by atoms with Crippen LogP contribution in [-0.4, -0.2) is 20.4 Å². The van der Waals surface area contributed by atoms with Crippen LogP contribution >= 0.6 is 0 Å². The molecule has 53 heavy (non-hydrogen) atoms. The molecule has 4 aromatic rings. The number of phenolic OH excluding ortho intramolecular Hbond substituents is 4. The lowest BCUT2D eigenvalue weighted by atomic mass is 9.76.